The Balaban J connectivity index is 1.34. The number of imidazole rings is 1. The molecule has 180 valence electrons. The van der Waals surface area contributed by atoms with E-state index in [9.17, 15) is 14.7 Å². The first kappa shape index (κ1) is 22.4. The van der Waals surface area contributed by atoms with Crippen molar-refractivity contribution in [3.05, 3.63) is 12.2 Å². The average molecular weight is 470 g/mol. The van der Waals surface area contributed by atoms with E-state index in [-0.39, 0.29) is 42.6 Å². The lowest BCUT2D eigenvalue weighted by molar-refractivity contribution is -0.137. The van der Waals surface area contributed by atoms with Crippen LogP contribution in [0.3, 0.4) is 0 Å². The number of rotatable bonds is 5. The van der Waals surface area contributed by atoms with Crippen LogP contribution in [0.2, 0.25) is 0 Å². The summed E-state index contributed by atoms with van der Waals surface area (Å²) >= 11 is 0. The zero-order valence-corrected chi connectivity index (χ0v) is 18.8. The van der Waals surface area contributed by atoms with Crippen LogP contribution in [0.1, 0.15) is 50.6 Å². The summed E-state index contributed by atoms with van der Waals surface area (Å²) in [5, 5.41) is 13.3. The minimum atomic E-state index is -0.961. The first-order valence-corrected chi connectivity index (χ1v) is 11.4. The Labute approximate surface area is 195 Å². The second kappa shape index (κ2) is 9.08. The number of nitrogens with one attached hydrogen (secondary N) is 1. The van der Waals surface area contributed by atoms with Crippen LogP contribution in [0, 0.1) is 11.8 Å². The van der Waals surface area contributed by atoms with Crippen molar-refractivity contribution >= 4 is 29.0 Å². The molecular formula is C22H27N7O5. The molecule has 3 aliphatic rings. The zero-order chi connectivity index (χ0) is 23.8. The van der Waals surface area contributed by atoms with Crippen molar-refractivity contribution in [3.8, 4) is 11.8 Å². The van der Waals surface area contributed by atoms with Gasteiger partial charge in [0.1, 0.15) is 11.7 Å². The van der Waals surface area contributed by atoms with Gasteiger partial charge >= 0.3 is 6.09 Å². The largest absolute Gasteiger partial charge is 0.453 e. The van der Waals surface area contributed by atoms with Crippen LogP contribution in [0.4, 0.5) is 10.6 Å². The van der Waals surface area contributed by atoms with Gasteiger partial charge in [0.2, 0.25) is 5.82 Å². The van der Waals surface area contributed by atoms with Crippen LogP contribution in [-0.2, 0) is 14.3 Å². The normalized spacial score (nSPS) is 24.2. The molecule has 1 saturated heterocycles. The minimum absolute atomic E-state index is 0.132. The molecule has 3 unspecified atom stereocenters. The van der Waals surface area contributed by atoms with Crippen molar-refractivity contribution in [1.82, 2.24) is 29.7 Å². The molecule has 2 saturated carbocycles. The second-order valence-electron chi connectivity index (χ2n) is 8.84. The number of aliphatic hydroxyl groups is 1. The minimum Gasteiger partial charge on any atom is -0.453 e. The van der Waals surface area contributed by atoms with Gasteiger partial charge in [-0.05, 0) is 38.0 Å². The van der Waals surface area contributed by atoms with Crippen LogP contribution in [0.25, 0.3) is 11.2 Å². The number of carbonyl (C=O) groups is 2. The topological polar surface area (TPSA) is 158 Å². The van der Waals surface area contributed by atoms with Crippen LogP contribution < -0.4 is 11.1 Å². The SMILES string of the molecule is COC(=O)N(CC#Cc1nc(N)c2ncn(C3CC(O)C(C(=O)NC4CC4)O3)c2n1)C1CCC1. The molecule has 0 aromatic carbocycles. The summed E-state index contributed by atoms with van der Waals surface area (Å²) in [6.07, 6.45) is 3.57. The van der Waals surface area contributed by atoms with Crippen LogP contribution >= 0.6 is 0 Å². The van der Waals surface area contributed by atoms with E-state index in [4.69, 9.17) is 15.2 Å². The van der Waals surface area contributed by atoms with Crippen LogP contribution in [0.15, 0.2) is 6.33 Å². The number of nitrogen functional groups attached to an aromatic ring is 1. The van der Waals surface area contributed by atoms with Crippen LogP contribution in [0.5, 0.6) is 0 Å². The molecule has 12 heteroatoms. The fourth-order valence-electron chi connectivity index (χ4n) is 4.14. The molecule has 12 nitrogen and oxygen atoms in total. The lowest BCUT2D eigenvalue weighted by Gasteiger charge is -2.35. The first-order chi connectivity index (χ1) is 16.4. The Morgan fingerprint density at radius 1 is 1.35 bits per heavy atom. The molecule has 2 aromatic heterocycles. The standard InChI is InChI=1S/C22H27N7O5/c1-33-22(32)28(13-4-2-5-13)9-3-6-15-26-19(23)17-20(27-15)29(11-24-17)16-10-14(30)18(34-16)21(31)25-12-7-8-12/h11-14,16,18,30H,2,4-5,7-10H2,1H3,(H,25,31)(H2,23,26,27). The summed E-state index contributed by atoms with van der Waals surface area (Å²) in [5.41, 5.74) is 6.85. The number of nitrogens with zero attached hydrogens (tertiary/aromatic N) is 5. The van der Waals surface area contributed by atoms with Crippen molar-refractivity contribution in [2.75, 3.05) is 19.4 Å². The van der Waals surface area contributed by atoms with Gasteiger partial charge < -0.3 is 25.6 Å². The molecule has 34 heavy (non-hydrogen) atoms. The summed E-state index contributed by atoms with van der Waals surface area (Å²) in [7, 11) is 1.35. The highest BCUT2D eigenvalue weighted by Crippen LogP contribution is 2.32. The predicted octanol–water partition coefficient (Wildman–Crippen LogP) is 0.308. The van der Waals surface area contributed by atoms with E-state index in [0.717, 1.165) is 32.1 Å². The first-order valence-electron chi connectivity index (χ1n) is 11.4. The molecule has 0 radical (unpaired) electrons. The Morgan fingerprint density at radius 3 is 2.82 bits per heavy atom. The molecule has 2 aromatic rings. The third kappa shape index (κ3) is 4.36. The maximum atomic E-state index is 12.4. The number of fused-ring (bicyclic) bond motifs is 1. The lowest BCUT2D eigenvalue weighted by atomic mass is 9.92. The van der Waals surface area contributed by atoms with E-state index >= 15 is 0 Å². The Bertz CT molecular complexity index is 1160. The van der Waals surface area contributed by atoms with E-state index in [1.807, 2.05) is 0 Å². The van der Waals surface area contributed by atoms with Crippen molar-refractivity contribution in [1.29, 1.82) is 0 Å². The van der Waals surface area contributed by atoms with E-state index in [1.54, 1.807) is 9.47 Å². The monoisotopic (exact) mass is 469 g/mol. The number of carbonyl (C=O) groups excluding carboxylic acids is 2. The molecule has 4 N–H and O–H groups in total. The number of aliphatic hydroxyl groups excluding tert-OH is 1. The summed E-state index contributed by atoms with van der Waals surface area (Å²) < 4.78 is 12.3. The number of ether oxygens (including phenoxy) is 2. The maximum Gasteiger partial charge on any atom is 0.410 e. The summed E-state index contributed by atoms with van der Waals surface area (Å²) in [6.45, 7) is 0.188. The summed E-state index contributed by atoms with van der Waals surface area (Å²) in [4.78, 5) is 39.0. The number of aromatic nitrogens is 4. The van der Waals surface area contributed by atoms with Gasteiger partial charge in [-0.2, -0.15) is 0 Å². The van der Waals surface area contributed by atoms with Gasteiger partial charge in [-0.15, -0.1) is 0 Å². The van der Waals surface area contributed by atoms with E-state index in [2.05, 4.69) is 32.1 Å². The third-order valence-corrected chi connectivity index (χ3v) is 6.41. The second-order valence-corrected chi connectivity index (χ2v) is 8.84. The smallest absolute Gasteiger partial charge is 0.410 e. The van der Waals surface area contributed by atoms with Gasteiger partial charge in [-0.3, -0.25) is 14.3 Å². The highest BCUT2D eigenvalue weighted by molar-refractivity contribution is 5.83. The van der Waals surface area contributed by atoms with Crippen LogP contribution in [-0.4, -0.2) is 79.5 Å². The molecule has 3 fully saturated rings. The Kier molecular flexibility index (Phi) is 5.97. The number of hydrogen-bond acceptors (Lipinski definition) is 9. The molecule has 5 rings (SSSR count). The fourth-order valence-corrected chi connectivity index (χ4v) is 4.14. The Hall–Kier alpha value is -3.43. The van der Waals surface area contributed by atoms with Crippen molar-refractivity contribution < 1.29 is 24.2 Å². The lowest BCUT2D eigenvalue weighted by Crippen LogP contribution is -2.44. The Morgan fingerprint density at radius 2 is 2.15 bits per heavy atom. The maximum absolute atomic E-state index is 12.4. The molecule has 1 aliphatic heterocycles. The number of anilines is 1. The molecule has 2 amide bonds. The van der Waals surface area contributed by atoms with Gasteiger partial charge in [0.25, 0.3) is 5.91 Å². The van der Waals surface area contributed by atoms with Gasteiger partial charge in [0, 0.05) is 18.5 Å². The molecule has 2 aliphatic carbocycles. The highest BCUT2D eigenvalue weighted by atomic mass is 16.5. The fraction of sp³-hybridized carbons (Fsp3) is 0.591. The number of amides is 2. The zero-order valence-electron chi connectivity index (χ0n) is 18.8. The van der Waals surface area contributed by atoms with Crippen molar-refractivity contribution in [2.24, 2.45) is 0 Å². The van der Waals surface area contributed by atoms with E-state index in [0.29, 0.717) is 11.2 Å². The molecule has 3 atom stereocenters. The number of methoxy groups -OCH3 is 1. The van der Waals surface area contributed by atoms with Crippen molar-refractivity contribution in [3.63, 3.8) is 0 Å². The molecule has 0 spiro atoms. The summed E-state index contributed by atoms with van der Waals surface area (Å²) in [6, 6.07) is 0.303. The average Bonchev–Trinajstić information content (AvgIpc) is 3.34. The van der Waals surface area contributed by atoms with Gasteiger partial charge in [0.05, 0.1) is 26.1 Å². The number of nitrogens with two attached hydrogens (primary N) is 1. The van der Waals surface area contributed by atoms with Gasteiger partial charge in [-0.25, -0.2) is 19.7 Å². The molecular weight excluding hydrogens is 442 g/mol. The van der Waals surface area contributed by atoms with E-state index < -0.39 is 24.5 Å². The molecule has 3 heterocycles. The van der Waals surface area contributed by atoms with Crippen molar-refractivity contribution in [2.45, 2.75) is 69.0 Å². The molecule has 0 bridgehead atoms. The van der Waals surface area contributed by atoms with E-state index in [1.165, 1.54) is 13.4 Å². The third-order valence-electron chi connectivity index (χ3n) is 6.41. The quantitative estimate of drug-likeness (QED) is 0.524. The highest BCUT2D eigenvalue weighted by Gasteiger charge is 2.41. The summed E-state index contributed by atoms with van der Waals surface area (Å²) in [5.74, 6) is 5.81. The number of hydrogen-bond donors (Lipinski definition) is 3. The predicted molar refractivity (Wildman–Crippen MR) is 119 cm³/mol. The van der Waals surface area contributed by atoms with Gasteiger partial charge in [0.15, 0.2) is 17.6 Å². The van der Waals surface area contributed by atoms with Gasteiger partial charge in [-0.1, -0.05) is 5.92 Å².